The molecule has 0 aromatic heterocycles. The fourth-order valence-corrected chi connectivity index (χ4v) is 2.05. The normalized spacial score (nSPS) is 18.9. The first-order chi connectivity index (χ1) is 8.26. The third-order valence-corrected chi connectivity index (χ3v) is 3.39. The molecule has 2 N–H and O–H groups in total. The Morgan fingerprint density at radius 3 is 2.50 bits per heavy atom. The van der Waals surface area contributed by atoms with Crippen molar-refractivity contribution in [3.63, 3.8) is 0 Å². The number of guanidine groups is 1. The summed E-state index contributed by atoms with van der Waals surface area (Å²) in [6.07, 6.45) is 5.24. The van der Waals surface area contributed by atoms with E-state index in [0.29, 0.717) is 6.04 Å². The minimum atomic E-state index is 0. The molecule has 0 aromatic carbocycles. The SMILES string of the molecule is CCC(C)NC(=NC)NCCN1CCCCC1.I. The summed E-state index contributed by atoms with van der Waals surface area (Å²) in [6, 6.07) is 0.483. The quantitative estimate of drug-likeness (QED) is 0.443. The van der Waals surface area contributed by atoms with Crippen molar-refractivity contribution < 1.29 is 0 Å². The predicted octanol–water partition coefficient (Wildman–Crippen LogP) is 2.05. The van der Waals surface area contributed by atoms with E-state index in [1.165, 1.54) is 32.4 Å². The summed E-state index contributed by atoms with van der Waals surface area (Å²) >= 11 is 0. The third-order valence-electron chi connectivity index (χ3n) is 3.39. The Labute approximate surface area is 129 Å². The van der Waals surface area contributed by atoms with Gasteiger partial charge in [-0.3, -0.25) is 4.99 Å². The van der Waals surface area contributed by atoms with Crippen molar-refractivity contribution in [2.24, 2.45) is 4.99 Å². The molecule has 1 heterocycles. The molecule has 4 nitrogen and oxygen atoms in total. The van der Waals surface area contributed by atoms with Crippen LogP contribution in [0.2, 0.25) is 0 Å². The lowest BCUT2D eigenvalue weighted by atomic mass is 10.1. The van der Waals surface area contributed by atoms with E-state index < -0.39 is 0 Å². The zero-order valence-corrected chi connectivity index (χ0v) is 14.4. The number of nitrogens with zero attached hydrogens (tertiary/aromatic N) is 2. The molecule has 1 aliphatic rings. The second-order valence-electron chi connectivity index (χ2n) is 4.85. The molecular formula is C13H29IN4. The number of aliphatic imine (C=N–C) groups is 1. The van der Waals surface area contributed by atoms with Gasteiger partial charge in [-0.05, 0) is 39.3 Å². The van der Waals surface area contributed by atoms with Crippen LogP contribution >= 0.6 is 24.0 Å². The maximum Gasteiger partial charge on any atom is 0.191 e. The van der Waals surface area contributed by atoms with E-state index in [9.17, 15) is 0 Å². The van der Waals surface area contributed by atoms with Crippen molar-refractivity contribution in [2.45, 2.75) is 45.6 Å². The number of rotatable bonds is 5. The molecule has 0 saturated carbocycles. The largest absolute Gasteiger partial charge is 0.355 e. The Hall–Kier alpha value is -0.0400. The van der Waals surface area contributed by atoms with Gasteiger partial charge in [-0.25, -0.2) is 0 Å². The van der Waals surface area contributed by atoms with Crippen molar-refractivity contribution in [2.75, 3.05) is 33.2 Å². The molecule has 0 aromatic rings. The highest BCUT2D eigenvalue weighted by molar-refractivity contribution is 14.0. The fraction of sp³-hybridized carbons (Fsp3) is 0.923. The number of likely N-dealkylation sites (tertiary alicyclic amines) is 1. The van der Waals surface area contributed by atoms with E-state index in [-0.39, 0.29) is 24.0 Å². The molecule has 1 unspecified atom stereocenters. The molecule has 108 valence electrons. The zero-order valence-electron chi connectivity index (χ0n) is 12.0. The van der Waals surface area contributed by atoms with Gasteiger partial charge in [-0.15, -0.1) is 24.0 Å². The van der Waals surface area contributed by atoms with Crippen LogP contribution in [0.4, 0.5) is 0 Å². The summed E-state index contributed by atoms with van der Waals surface area (Å²) in [6.45, 7) is 8.99. The lowest BCUT2D eigenvalue weighted by Gasteiger charge is -2.26. The van der Waals surface area contributed by atoms with Crippen molar-refractivity contribution in [1.82, 2.24) is 15.5 Å². The van der Waals surface area contributed by atoms with Crippen LogP contribution in [-0.2, 0) is 0 Å². The molecule has 0 radical (unpaired) electrons. The van der Waals surface area contributed by atoms with Gasteiger partial charge in [0.05, 0.1) is 0 Å². The number of hydrogen-bond donors (Lipinski definition) is 2. The minimum Gasteiger partial charge on any atom is -0.355 e. The molecule has 18 heavy (non-hydrogen) atoms. The summed E-state index contributed by atoms with van der Waals surface area (Å²) in [7, 11) is 1.83. The summed E-state index contributed by atoms with van der Waals surface area (Å²) in [5.41, 5.74) is 0. The average Bonchev–Trinajstić information content (AvgIpc) is 2.38. The van der Waals surface area contributed by atoms with Crippen LogP contribution in [0.15, 0.2) is 4.99 Å². The highest BCUT2D eigenvalue weighted by atomic mass is 127. The first kappa shape index (κ1) is 18.0. The maximum atomic E-state index is 4.23. The van der Waals surface area contributed by atoms with Gasteiger partial charge in [-0.2, -0.15) is 0 Å². The Balaban J connectivity index is 0.00000289. The van der Waals surface area contributed by atoms with E-state index >= 15 is 0 Å². The van der Waals surface area contributed by atoms with Crippen LogP contribution in [0, 0.1) is 0 Å². The number of hydrogen-bond acceptors (Lipinski definition) is 2. The summed E-state index contributed by atoms with van der Waals surface area (Å²) < 4.78 is 0. The molecule has 0 amide bonds. The fourth-order valence-electron chi connectivity index (χ4n) is 2.05. The Bertz CT molecular complexity index is 227. The summed E-state index contributed by atoms with van der Waals surface area (Å²) in [5.74, 6) is 0.927. The van der Waals surface area contributed by atoms with Gasteiger partial charge < -0.3 is 15.5 Å². The van der Waals surface area contributed by atoms with Gasteiger partial charge in [0, 0.05) is 26.2 Å². The molecule has 1 rings (SSSR count). The molecule has 5 heteroatoms. The molecule has 1 atom stereocenters. The van der Waals surface area contributed by atoms with Crippen LogP contribution in [-0.4, -0.2) is 50.1 Å². The van der Waals surface area contributed by atoms with Gasteiger partial charge in [-0.1, -0.05) is 13.3 Å². The van der Waals surface area contributed by atoms with Crippen LogP contribution < -0.4 is 10.6 Å². The monoisotopic (exact) mass is 368 g/mol. The van der Waals surface area contributed by atoms with E-state index in [0.717, 1.165) is 25.5 Å². The van der Waals surface area contributed by atoms with Crippen LogP contribution in [0.25, 0.3) is 0 Å². The van der Waals surface area contributed by atoms with E-state index in [4.69, 9.17) is 0 Å². The molecular weight excluding hydrogens is 339 g/mol. The molecule has 0 bridgehead atoms. The lowest BCUT2D eigenvalue weighted by Crippen LogP contribution is -2.45. The topological polar surface area (TPSA) is 39.7 Å². The highest BCUT2D eigenvalue weighted by Crippen LogP contribution is 2.07. The van der Waals surface area contributed by atoms with Crippen molar-refractivity contribution in [3.8, 4) is 0 Å². The molecule has 1 aliphatic heterocycles. The smallest absolute Gasteiger partial charge is 0.191 e. The second kappa shape index (κ2) is 10.8. The summed E-state index contributed by atoms with van der Waals surface area (Å²) in [4.78, 5) is 6.77. The predicted molar refractivity (Wildman–Crippen MR) is 90.0 cm³/mol. The van der Waals surface area contributed by atoms with E-state index in [2.05, 4.69) is 34.4 Å². The number of piperidine rings is 1. The highest BCUT2D eigenvalue weighted by Gasteiger charge is 2.09. The number of nitrogens with one attached hydrogen (secondary N) is 2. The lowest BCUT2D eigenvalue weighted by molar-refractivity contribution is 0.232. The Morgan fingerprint density at radius 2 is 1.94 bits per heavy atom. The molecule has 0 spiro atoms. The van der Waals surface area contributed by atoms with Crippen LogP contribution in [0.3, 0.4) is 0 Å². The zero-order chi connectivity index (χ0) is 12.5. The minimum absolute atomic E-state index is 0. The van der Waals surface area contributed by atoms with Gasteiger partial charge in [0.2, 0.25) is 0 Å². The molecule has 1 fully saturated rings. The number of halogens is 1. The van der Waals surface area contributed by atoms with Gasteiger partial charge in [0.25, 0.3) is 0 Å². The van der Waals surface area contributed by atoms with Crippen molar-refractivity contribution >= 4 is 29.9 Å². The van der Waals surface area contributed by atoms with E-state index in [1.807, 2.05) is 7.05 Å². The van der Waals surface area contributed by atoms with Gasteiger partial charge in [0.15, 0.2) is 5.96 Å². The van der Waals surface area contributed by atoms with Crippen molar-refractivity contribution in [3.05, 3.63) is 0 Å². The van der Waals surface area contributed by atoms with Crippen LogP contribution in [0.1, 0.15) is 39.5 Å². The maximum absolute atomic E-state index is 4.23. The molecule has 1 saturated heterocycles. The van der Waals surface area contributed by atoms with E-state index in [1.54, 1.807) is 0 Å². The van der Waals surface area contributed by atoms with Crippen LogP contribution in [0.5, 0.6) is 0 Å². The standard InChI is InChI=1S/C13H28N4.HI/c1-4-12(2)16-13(14-3)15-8-11-17-9-6-5-7-10-17;/h12H,4-11H2,1-3H3,(H2,14,15,16);1H. The first-order valence-corrected chi connectivity index (χ1v) is 6.95. The Kier molecular flexibility index (Phi) is 10.8. The summed E-state index contributed by atoms with van der Waals surface area (Å²) in [5, 5.41) is 6.75. The van der Waals surface area contributed by atoms with Gasteiger partial charge in [0.1, 0.15) is 0 Å². The third kappa shape index (κ3) is 7.41. The average molecular weight is 368 g/mol. The Morgan fingerprint density at radius 1 is 1.28 bits per heavy atom. The van der Waals surface area contributed by atoms with Gasteiger partial charge >= 0.3 is 0 Å². The molecule has 0 aliphatic carbocycles. The second-order valence-corrected chi connectivity index (χ2v) is 4.85. The first-order valence-electron chi connectivity index (χ1n) is 6.95. The van der Waals surface area contributed by atoms with Crippen molar-refractivity contribution in [1.29, 1.82) is 0 Å².